The van der Waals surface area contributed by atoms with Crippen LogP contribution in [0.15, 0.2) is 48.9 Å². The number of piperidine rings is 1. The Hall–Kier alpha value is -3.06. The number of amides is 1. The lowest BCUT2D eigenvalue weighted by molar-refractivity contribution is 0.100. The van der Waals surface area contributed by atoms with E-state index < -0.39 is 5.91 Å². The predicted octanol–water partition coefficient (Wildman–Crippen LogP) is 2.19. The summed E-state index contributed by atoms with van der Waals surface area (Å²) in [4.78, 5) is 22.2. The molecular formula is C20H20FN5O. The summed E-state index contributed by atoms with van der Waals surface area (Å²) in [5.41, 5.74) is 14.7. The van der Waals surface area contributed by atoms with Crippen LogP contribution < -0.4 is 16.4 Å². The molecule has 0 aliphatic carbocycles. The first-order chi connectivity index (χ1) is 13.0. The standard InChI is InChI=1S/C20H20FN5O/c21-13-3-1-2-12(8-13)14-6-7-26(10-17(14)22)18-5-4-15(20(23)27)19-16(18)9-24-11-25-19/h1-5,8-9,11,14,17H,6-7,10,22H2,(H2,23,27). The summed E-state index contributed by atoms with van der Waals surface area (Å²) in [6, 6.07) is 10.1. The summed E-state index contributed by atoms with van der Waals surface area (Å²) in [6.45, 7) is 1.37. The zero-order valence-corrected chi connectivity index (χ0v) is 14.7. The third-order valence-electron chi connectivity index (χ3n) is 5.19. The first-order valence-electron chi connectivity index (χ1n) is 8.83. The highest BCUT2D eigenvalue weighted by atomic mass is 19.1. The van der Waals surface area contributed by atoms with Crippen molar-refractivity contribution in [2.24, 2.45) is 11.5 Å². The predicted molar refractivity (Wildman–Crippen MR) is 102 cm³/mol. The minimum atomic E-state index is -0.522. The van der Waals surface area contributed by atoms with Gasteiger partial charge in [0.1, 0.15) is 12.1 Å². The fraction of sp³-hybridized carbons (Fsp3) is 0.250. The maximum Gasteiger partial charge on any atom is 0.250 e. The molecule has 27 heavy (non-hydrogen) atoms. The van der Waals surface area contributed by atoms with Gasteiger partial charge in [-0.15, -0.1) is 0 Å². The molecule has 0 bridgehead atoms. The number of hydrogen-bond donors (Lipinski definition) is 2. The van der Waals surface area contributed by atoms with Crippen LogP contribution in [0.1, 0.15) is 28.3 Å². The van der Waals surface area contributed by atoms with Crippen molar-refractivity contribution in [1.82, 2.24) is 9.97 Å². The second-order valence-corrected chi connectivity index (χ2v) is 6.84. The lowest BCUT2D eigenvalue weighted by atomic mass is 9.85. The molecule has 1 aromatic heterocycles. The highest BCUT2D eigenvalue weighted by molar-refractivity contribution is 6.07. The van der Waals surface area contributed by atoms with Crippen LogP contribution in [0.4, 0.5) is 10.1 Å². The van der Waals surface area contributed by atoms with Crippen molar-refractivity contribution in [3.63, 3.8) is 0 Å². The van der Waals surface area contributed by atoms with Gasteiger partial charge in [0.2, 0.25) is 0 Å². The number of anilines is 1. The smallest absolute Gasteiger partial charge is 0.250 e. The summed E-state index contributed by atoms with van der Waals surface area (Å²) in [7, 11) is 0. The van der Waals surface area contributed by atoms with Gasteiger partial charge in [-0.25, -0.2) is 14.4 Å². The van der Waals surface area contributed by atoms with Gasteiger partial charge in [0.05, 0.1) is 11.1 Å². The Kier molecular flexibility index (Phi) is 4.45. The van der Waals surface area contributed by atoms with Crippen LogP contribution in [0.5, 0.6) is 0 Å². The molecule has 1 aliphatic rings. The topological polar surface area (TPSA) is 98.1 Å². The number of aromatic nitrogens is 2. The third kappa shape index (κ3) is 3.21. The summed E-state index contributed by atoms with van der Waals surface area (Å²) in [6.07, 6.45) is 3.89. The van der Waals surface area contributed by atoms with Gasteiger partial charge in [0, 0.05) is 42.3 Å². The molecule has 2 unspecified atom stereocenters. The van der Waals surface area contributed by atoms with Crippen LogP contribution >= 0.6 is 0 Å². The van der Waals surface area contributed by atoms with Gasteiger partial charge >= 0.3 is 0 Å². The molecule has 0 radical (unpaired) electrons. The highest BCUT2D eigenvalue weighted by Gasteiger charge is 2.29. The Morgan fingerprint density at radius 1 is 1.26 bits per heavy atom. The van der Waals surface area contributed by atoms with Gasteiger partial charge in [-0.2, -0.15) is 0 Å². The lowest BCUT2D eigenvalue weighted by Crippen LogP contribution is -2.47. The van der Waals surface area contributed by atoms with Crippen LogP contribution in [0.3, 0.4) is 0 Å². The number of rotatable bonds is 3. The van der Waals surface area contributed by atoms with E-state index in [-0.39, 0.29) is 17.8 Å². The van der Waals surface area contributed by atoms with E-state index in [0.29, 0.717) is 17.6 Å². The Morgan fingerprint density at radius 2 is 2.11 bits per heavy atom. The number of nitrogens with zero attached hydrogens (tertiary/aromatic N) is 3. The molecule has 138 valence electrons. The van der Waals surface area contributed by atoms with Crippen molar-refractivity contribution in [2.45, 2.75) is 18.4 Å². The SMILES string of the molecule is NC(=O)c1ccc(N2CCC(c3cccc(F)c3)C(N)C2)c2cncnc12. The van der Waals surface area contributed by atoms with Crippen LogP contribution in [0.25, 0.3) is 10.9 Å². The number of benzene rings is 2. The largest absolute Gasteiger partial charge is 0.369 e. The maximum atomic E-state index is 13.6. The normalized spacial score (nSPS) is 20.0. The summed E-state index contributed by atoms with van der Waals surface area (Å²) < 4.78 is 13.6. The molecule has 3 aromatic rings. The van der Waals surface area contributed by atoms with Gasteiger partial charge < -0.3 is 16.4 Å². The minimum Gasteiger partial charge on any atom is -0.369 e. The average molecular weight is 365 g/mol. The van der Waals surface area contributed by atoms with E-state index in [1.165, 1.54) is 12.4 Å². The molecule has 2 atom stereocenters. The lowest BCUT2D eigenvalue weighted by Gasteiger charge is -2.38. The van der Waals surface area contributed by atoms with Crippen LogP contribution in [0.2, 0.25) is 0 Å². The van der Waals surface area contributed by atoms with E-state index in [1.807, 2.05) is 12.1 Å². The molecule has 1 fully saturated rings. The van der Waals surface area contributed by atoms with E-state index >= 15 is 0 Å². The van der Waals surface area contributed by atoms with Gasteiger partial charge in [-0.1, -0.05) is 12.1 Å². The Morgan fingerprint density at radius 3 is 2.85 bits per heavy atom. The summed E-state index contributed by atoms with van der Waals surface area (Å²) >= 11 is 0. The zero-order chi connectivity index (χ0) is 19.0. The molecule has 0 saturated carbocycles. The van der Waals surface area contributed by atoms with Gasteiger partial charge in [0.25, 0.3) is 5.91 Å². The van der Waals surface area contributed by atoms with Crippen LogP contribution in [0, 0.1) is 5.82 Å². The monoisotopic (exact) mass is 365 g/mol. The molecule has 7 heteroatoms. The molecule has 1 saturated heterocycles. The molecule has 0 spiro atoms. The van der Waals surface area contributed by atoms with E-state index in [2.05, 4.69) is 14.9 Å². The summed E-state index contributed by atoms with van der Waals surface area (Å²) in [5.74, 6) is -0.663. The fourth-order valence-corrected chi connectivity index (χ4v) is 3.89. The number of hydrogen-bond acceptors (Lipinski definition) is 5. The van der Waals surface area contributed by atoms with E-state index in [1.54, 1.807) is 24.4 Å². The minimum absolute atomic E-state index is 0.101. The number of primary amides is 1. The quantitative estimate of drug-likeness (QED) is 0.741. The van der Waals surface area contributed by atoms with Crippen LogP contribution in [-0.4, -0.2) is 35.0 Å². The zero-order valence-electron chi connectivity index (χ0n) is 14.7. The third-order valence-corrected chi connectivity index (χ3v) is 5.19. The number of nitrogens with two attached hydrogens (primary N) is 2. The molecule has 1 aliphatic heterocycles. The maximum absolute atomic E-state index is 13.6. The number of carbonyl (C=O) groups excluding carboxylic acids is 1. The van der Waals surface area contributed by atoms with Crippen molar-refractivity contribution in [3.8, 4) is 0 Å². The Bertz CT molecular complexity index is 1010. The molecule has 4 rings (SSSR count). The Balaban J connectivity index is 1.65. The second-order valence-electron chi connectivity index (χ2n) is 6.84. The molecule has 6 nitrogen and oxygen atoms in total. The fourth-order valence-electron chi connectivity index (χ4n) is 3.89. The number of halogens is 1. The van der Waals surface area contributed by atoms with Crippen molar-refractivity contribution in [3.05, 3.63) is 65.9 Å². The van der Waals surface area contributed by atoms with Gasteiger partial charge in [0.15, 0.2) is 0 Å². The van der Waals surface area contributed by atoms with E-state index in [9.17, 15) is 9.18 Å². The first-order valence-corrected chi connectivity index (χ1v) is 8.83. The van der Waals surface area contributed by atoms with Crippen molar-refractivity contribution in [2.75, 3.05) is 18.0 Å². The van der Waals surface area contributed by atoms with Crippen molar-refractivity contribution in [1.29, 1.82) is 0 Å². The van der Waals surface area contributed by atoms with Crippen LogP contribution in [-0.2, 0) is 0 Å². The highest BCUT2D eigenvalue weighted by Crippen LogP contribution is 2.33. The molecule has 1 amide bonds. The molecule has 2 heterocycles. The second kappa shape index (κ2) is 6.92. The average Bonchev–Trinajstić information content (AvgIpc) is 2.67. The van der Waals surface area contributed by atoms with E-state index in [4.69, 9.17) is 11.5 Å². The Labute approximate surface area is 156 Å². The van der Waals surface area contributed by atoms with Gasteiger partial charge in [-0.3, -0.25) is 4.79 Å². The summed E-state index contributed by atoms with van der Waals surface area (Å²) in [5, 5.41) is 0.769. The molecular weight excluding hydrogens is 345 g/mol. The number of fused-ring (bicyclic) bond motifs is 1. The molecule has 4 N–H and O–H groups in total. The van der Waals surface area contributed by atoms with Crippen molar-refractivity contribution < 1.29 is 9.18 Å². The number of carbonyl (C=O) groups is 1. The van der Waals surface area contributed by atoms with E-state index in [0.717, 1.165) is 29.6 Å². The van der Waals surface area contributed by atoms with Crippen molar-refractivity contribution >= 4 is 22.5 Å². The first kappa shape index (κ1) is 17.4. The van der Waals surface area contributed by atoms with Gasteiger partial charge in [-0.05, 0) is 36.2 Å². The molecule has 2 aromatic carbocycles.